The number of morpholine rings is 1. The molecule has 5 heteroatoms. The third-order valence-electron chi connectivity index (χ3n) is 5.47. The van der Waals surface area contributed by atoms with E-state index in [1.54, 1.807) is 0 Å². The second kappa shape index (κ2) is 6.20. The van der Waals surface area contributed by atoms with Crippen LogP contribution in [0.3, 0.4) is 0 Å². The van der Waals surface area contributed by atoms with E-state index in [2.05, 4.69) is 57.3 Å². The van der Waals surface area contributed by atoms with Gasteiger partial charge in [0.2, 0.25) is 0 Å². The van der Waals surface area contributed by atoms with Crippen molar-refractivity contribution in [2.75, 3.05) is 49.3 Å². The normalized spacial score (nSPS) is 18.8. The lowest BCUT2D eigenvalue weighted by atomic mass is 10.1. The molecule has 5 rings (SSSR count). The summed E-state index contributed by atoms with van der Waals surface area (Å²) in [7, 11) is 0. The van der Waals surface area contributed by atoms with Crippen molar-refractivity contribution in [3.63, 3.8) is 0 Å². The zero-order chi connectivity index (χ0) is 17.5. The van der Waals surface area contributed by atoms with Crippen molar-refractivity contribution >= 4 is 23.0 Å². The highest BCUT2D eigenvalue weighted by Crippen LogP contribution is 2.32. The Morgan fingerprint density at radius 1 is 0.846 bits per heavy atom. The van der Waals surface area contributed by atoms with Gasteiger partial charge in [-0.1, -0.05) is 30.3 Å². The first-order chi connectivity index (χ1) is 12.9. The van der Waals surface area contributed by atoms with Gasteiger partial charge in [0.25, 0.3) is 0 Å². The molecule has 0 aromatic heterocycles. The van der Waals surface area contributed by atoms with Crippen LogP contribution in [0.15, 0.2) is 42.5 Å². The van der Waals surface area contributed by atoms with Gasteiger partial charge in [0, 0.05) is 37.0 Å². The van der Waals surface area contributed by atoms with Gasteiger partial charge in [-0.15, -0.1) is 0 Å². The van der Waals surface area contributed by atoms with E-state index in [0.717, 1.165) is 60.5 Å². The fourth-order valence-electron chi connectivity index (χ4n) is 4.32. The Morgan fingerprint density at radius 2 is 1.58 bits per heavy atom. The number of nitrogens with zero attached hydrogens (tertiary/aromatic N) is 3. The summed E-state index contributed by atoms with van der Waals surface area (Å²) in [4.78, 5) is 14.3. The number of fused-ring (bicyclic) bond motifs is 3. The quantitative estimate of drug-likeness (QED) is 0.796. The fourth-order valence-corrected chi connectivity index (χ4v) is 4.32. The average Bonchev–Trinajstić information content (AvgIpc) is 3.29. The van der Waals surface area contributed by atoms with E-state index in [0.29, 0.717) is 18.4 Å². The van der Waals surface area contributed by atoms with Crippen LogP contribution >= 0.6 is 0 Å². The number of hydrazine groups is 1. The smallest absolute Gasteiger partial charge is 0.135 e. The molecule has 2 fully saturated rings. The molecule has 0 atom stereocenters. The van der Waals surface area contributed by atoms with E-state index >= 15 is 0 Å². The SMILES string of the molecule is O=C=c1c(N2CCOCC2)ccc2c1=C(c1ccccc1)N1CCCN21. The number of rotatable bonds is 2. The van der Waals surface area contributed by atoms with E-state index in [-0.39, 0.29) is 0 Å². The van der Waals surface area contributed by atoms with Crippen molar-refractivity contribution in [2.24, 2.45) is 0 Å². The lowest BCUT2D eigenvalue weighted by molar-refractivity contribution is 0.122. The second-order valence-corrected chi connectivity index (χ2v) is 6.87. The van der Waals surface area contributed by atoms with Gasteiger partial charge in [-0.3, -0.25) is 10.0 Å². The molecular weight excluding hydrogens is 326 g/mol. The van der Waals surface area contributed by atoms with E-state index < -0.39 is 0 Å². The van der Waals surface area contributed by atoms with E-state index in [1.807, 2.05) is 6.07 Å². The minimum absolute atomic E-state index is 0.678. The summed E-state index contributed by atoms with van der Waals surface area (Å²) in [5, 5.41) is 6.33. The molecule has 5 nitrogen and oxygen atoms in total. The average molecular weight is 347 g/mol. The molecule has 26 heavy (non-hydrogen) atoms. The highest BCUT2D eigenvalue weighted by Gasteiger charge is 2.34. The van der Waals surface area contributed by atoms with Crippen LogP contribution in [-0.2, 0) is 9.53 Å². The lowest BCUT2D eigenvalue weighted by Gasteiger charge is -2.29. The Hall–Kier alpha value is -2.75. The molecule has 3 aliphatic heterocycles. The first-order valence-electron chi connectivity index (χ1n) is 9.24. The summed E-state index contributed by atoms with van der Waals surface area (Å²) >= 11 is 0. The number of anilines is 2. The van der Waals surface area contributed by atoms with Gasteiger partial charge in [-0.25, -0.2) is 4.79 Å². The van der Waals surface area contributed by atoms with Gasteiger partial charge >= 0.3 is 0 Å². The van der Waals surface area contributed by atoms with Crippen molar-refractivity contribution in [2.45, 2.75) is 6.42 Å². The van der Waals surface area contributed by atoms with Gasteiger partial charge in [0.05, 0.1) is 35.5 Å². The Bertz CT molecular complexity index is 976. The molecule has 0 aliphatic carbocycles. The maximum atomic E-state index is 12.1. The van der Waals surface area contributed by atoms with Crippen molar-refractivity contribution < 1.29 is 9.53 Å². The Kier molecular flexibility index (Phi) is 3.70. The molecule has 0 radical (unpaired) electrons. The number of carbonyl (C=O) groups excluding carboxylic acids is 1. The number of ether oxygens (including phenoxy) is 1. The van der Waals surface area contributed by atoms with Crippen LogP contribution in [0, 0.1) is 0 Å². The predicted octanol–water partition coefficient (Wildman–Crippen LogP) is 0.624. The van der Waals surface area contributed by atoms with Gasteiger partial charge < -0.3 is 9.64 Å². The van der Waals surface area contributed by atoms with E-state index in [9.17, 15) is 4.79 Å². The van der Waals surface area contributed by atoms with Gasteiger partial charge in [0.15, 0.2) is 0 Å². The van der Waals surface area contributed by atoms with E-state index in [1.165, 1.54) is 0 Å². The van der Waals surface area contributed by atoms with Gasteiger partial charge in [-0.05, 0) is 18.6 Å². The molecule has 0 spiro atoms. The monoisotopic (exact) mass is 347 g/mol. The molecular formula is C21H21N3O2. The summed E-state index contributed by atoms with van der Waals surface area (Å²) < 4.78 is 5.48. The topological polar surface area (TPSA) is 36.0 Å². The van der Waals surface area contributed by atoms with Crippen molar-refractivity contribution in [1.82, 2.24) is 5.01 Å². The maximum Gasteiger partial charge on any atom is 0.135 e. The molecule has 0 bridgehead atoms. The molecule has 3 heterocycles. The second-order valence-electron chi connectivity index (χ2n) is 6.87. The zero-order valence-corrected chi connectivity index (χ0v) is 14.6. The van der Waals surface area contributed by atoms with Gasteiger partial charge in [0.1, 0.15) is 5.94 Å². The Labute approximate surface area is 152 Å². The van der Waals surface area contributed by atoms with Crippen LogP contribution < -0.4 is 20.3 Å². The van der Waals surface area contributed by atoms with Crippen LogP contribution in [0.4, 0.5) is 11.4 Å². The number of hydrogen-bond acceptors (Lipinski definition) is 5. The molecule has 0 N–H and O–H groups in total. The molecule has 0 amide bonds. The maximum absolute atomic E-state index is 12.1. The lowest BCUT2D eigenvalue weighted by Crippen LogP contribution is -2.42. The highest BCUT2D eigenvalue weighted by molar-refractivity contribution is 5.79. The van der Waals surface area contributed by atoms with Crippen LogP contribution in [0.5, 0.6) is 0 Å². The molecule has 2 aromatic carbocycles. The highest BCUT2D eigenvalue weighted by atomic mass is 16.5. The third kappa shape index (κ3) is 2.25. The number of benzene rings is 2. The van der Waals surface area contributed by atoms with E-state index in [4.69, 9.17) is 4.74 Å². The van der Waals surface area contributed by atoms with Crippen LogP contribution in [-0.4, -0.2) is 50.3 Å². The van der Waals surface area contributed by atoms with Crippen molar-refractivity contribution in [1.29, 1.82) is 0 Å². The molecule has 132 valence electrons. The first kappa shape index (κ1) is 15.5. The summed E-state index contributed by atoms with van der Waals surface area (Å²) in [5.41, 5.74) is 4.37. The number of hydrogen-bond donors (Lipinski definition) is 0. The standard InChI is InChI=1S/C21H21N3O2/c25-15-17-18(22-11-13-26-14-12-22)7-8-19-20(17)21(16-5-2-1-3-6-16)24-10-4-9-23(19)24/h1-3,5-8H,4,9-14H2. The largest absolute Gasteiger partial charge is 0.378 e. The van der Waals surface area contributed by atoms with Crippen LogP contribution in [0.25, 0.3) is 5.70 Å². The summed E-state index contributed by atoms with van der Waals surface area (Å²) in [6.07, 6.45) is 1.13. The zero-order valence-electron chi connectivity index (χ0n) is 14.6. The van der Waals surface area contributed by atoms with Crippen molar-refractivity contribution in [3.8, 4) is 0 Å². The van der Waals surface area contributed by atoms with Gasteiger partial charge in [-0.2, -0.15) is 0 Å². The minimum atomic E-state index is 0.678. The molecule has 0 unspecified atom stereocenters. The molecule has 3 aliphatic rings. The summed E-state index contributed by atoms with van der Waals surface area (Å²) in [5.74, 6) is 2.28. The Balaban J connectivity index is 1.81. The predicted molar refractivity (Wildman–Crippen MR) is 101 cm³/mol. The molecule has 0 saturated carbocycles. The first-order valence-corrected chi connectivity index (χ1v) is 9.24. The summed E-state index contributed by atoms with van der Waals surface area (Å²) in [6.45, 7) is 4.97. The van der Waals surface area contributed by atoms with Crippen LogP contribution in [0.1, 0.15) is 12.0 Å². The molecule has 2 saturated heterocycles. The third-order valence-corrected chi connectivity index (χ3v) is 5.47. The summed E-state index contributed by atoms with van der Waals surface area (Å²) in [6, 6.07) is 14.6. The van der Waals surface area contributed by atoms with Crippen LogP contribution in [0.2, 0.25) is 0 Å². The Morgan fingerprint density at radius 3 is 2.35 bits per heavy atom. The fraction of sp³-hybridized carbons (Fsp3) is 0.333. The van der Waals surface area contributed by atoms with Crippen molar-refractivity contribution in [3.05, 3.63) is 58.5 Å². The minimum Gasteiger partial charge on any atom is -0.378 e. The molecule has 2 aromatic rings.